The van der Waals surface area contributed by atoms with E-state index in [2.05, 4.69) is 25.5 Å². The maximum absolute atomic E-state index is 13.0. The third-order valence-electron chi connectivity index (χ3n) is 5.00. The predicted molar refractivity (Wildman–Crippen MR) is 107 cm³/mol. The van der Waals surface area contributed by atoms with Crippen molar-refractivity contribution in [2.24, 2.45) is 0 Å². The molecule has 8 nitrogen and oxygen atoms in total. The van der Waals surface area contributed by atoms with Crippen molar-refractivity contribution in [3.8, 4) is 11.4 Å². The van der Waals surface area contributed by atoms with E-state index in [1.807, 2.05) is 37.3 Å². The number of nitrogens with one attached hydrogen (secondary N) is 2. The Morgan fingerprint density at radius 2 is 2.07 bits per heavy atom. The van der Waals surface area contributed by atoms with Crippen LogP contribution in [-0.2, 0) is 17.8 Å². The van der Waals surface area contributed by atoms with Gasteiger partial charge < -0.3 is 10.2 Å². The highest BCUT2D eigenvalue weighted by Crippen LogP contribution is 2.20. The summed E-state index contributed by atoms with van der Waals surface area (Å²) in [5.74, 6) is 0.204. The molecular formula is C21H22N6O2. The van der Waals surface area contributed by atoms with Crippen molar-refractivity contribution in [3.05, 3.63) is 65.2 Å². The zero-order valence-electron chi connectivity index (χ0n) is 16.2. The van der Waals surface area contributed by atoms with Gasteiger partial charge in [-0.1, -0.05) is 30.3 Å². The van der Waals surface area contributed by atoms with Crippen LogP contribution in [0.1, 0.15) is 33.7 Å². The number of aromatic nitrogens is 4. The van der Waals surface area contributed by atoms with Crippen LogP contribution in [0.2, 0.25) is 0 Å². The molecule has 29 heavy (non-hydrogen) atoms. The van der Waals surface area contributed by atoms with Gasteiger partial charge >= 0.3 is 0 Å². The van der Waals surface area contributed by atoms with Crippen LogP contribution in [0.4, 0.5) is 0 Å². The first-order chi connectivity index (χ1) is 14.1. The number of aryl methyl sites for hydroxylation is 2. The molecule has 0 spiro atoms. The molecule has 8 heteroatoms. The first-order valence-electron chi connectivity index (χ1n) is 9.58. The van der Waals surface area contributed by atoms with E-state index in [1.165, 1.54) is 0 Å². The van der Waals surface area contributed by atoms with Crippen LogP contribution in [0.25, 0.3) is 11.4 Å². The molecule has 1 aliphatic heterocycles. The van der Waals surface area contributed by atoms with Gasteiger partial charge in [-0.3, -0.25) is 14.7 Å². The van der Waals surface area contributed by atoms with Crippen molar-refractivity contribution in [2.45, 2.75) is 26.3 Å². The monoisotopic (exact) mass is 390 g/mol. The number of nitrogens with zero attached hydrogens (tertiary/aromatic N) is 4. The van der Waals surface area contributed by atoms with Gasteiger partial charge in [0.2, 0.25) is 5.91 Å². The molecule has 0 bridgehead atoms. The number of carbonyl (C=O) groups is 2. The van der Waals surface area contributed by atoms with Crippen LogP contribution in [0, 0.1) is 6.92 Å². The molecule has 0 saturated carbocycles. The second-order valence-corrected chi connectivity index (χ2v) is 7.05. The van der Waals surface area contributed by atoms with Crippen LogP contribution in [-0.4, -0.2) is 50.0 Å². The molecular weight excluding hydrogens is 368 g/mol. The van der Waals surface area contributed by atoms with E-state index in [9.17, 15) is 9.59 Å². The van der Waals surface area contributed by atoms with Crippen LogP contribution in [0.5, 0.6) is 0 Å². The van der Waals surface area contributed by atoms with Gasteiger partial charge in [0.15, 0.2) is 5.82 Å². The van der Waals surface area contributed by atoms with Crippen molar-refractivity contribution in [1.82, 2.24) is 30.4 Å². The number of hydrogen-bond donors (Lipinski definition) is 2. The maximum atomic E-state index is 13.0. The Hall–Kier alpha value is -3.55. The SMILES string of the molecule is Cc1[nH]ncc1CNC(=O)CN1CCCc2nc(-c3ccccc3)ncc2C1=O. The number of rotatable bonds is 5. The zero-order chi connectivity index (χ0) is 20.2. The average molecular weight is 390 g/mol. The minimum atomic E-state index is -0.204. The summed E-state index contributed by atoms with van der Waals surface area (Å²) in [7, 11) is 0. The van der Waals surface area contributed by atoms with Gasteiger partial charge in [-0.15, -0.1) is 0 Å². The number of amides is 2. The van der Waals surface area contributed by atoms with E-state index in [1.54, 1.807) is 17.3 Å². The first kappa shape index (κ1) is 18.8. The van der Waals surface area contributed by atoms with Crippen LogP contribution in [0.15, 0.2) is 42.7 Å². The quantitative estimate of drug-likeness (QED) is 0.692. The van der Waals surface area contributed by atoms with E-state index in [-0.39, 0.29) is 18.4 Å². The summed E-state index contributed by atoms with van der Waals surface area (Å²) in [4.78, 5) is 35.9. The predicted octanol–water partition coefficient (Wildman–Crippen LogP) is 1.88. The smallest absolute Gasteiger partial charge is 0.257 e. The van der Waals surface area contributed by atoms with Gasteiger partial charge in [0.05, 0.1) is 24.0 Å². The van der Waals surface area contributed by atoms with Gasteiger partial charge in [0.25, 0.3) is 5.91 Å². The first-order valence-corrected chi connectivity index (χ1v) is 9.58. The summed E-state index contributed by atoms with van der Waals surface area (Å²) in [6, 6.07) is 9.69. The molecule has 1 aliphatic rings. The minimum Gasteiger partial charge on any atom is -0.350 e. The molecule has 3 aromatic rings. The lowest BCUT2D eigenvalue weighted by molar-refractivity contribution is -0.122. The molecule has 2 N–H and O–H groups in total. The highest BCUT2D eigenvalue weighted by Gasteiger charge is 2.26. The average Bonchev–Trinajstić information content (AvgIpc) is 3.09. The van der Waals surface area contributed by atoms with Crippen molar-refractivity contribution < 1.29 is 9.59 Å². The largest absolute Gasteiger partial charge is 0.350 e. The Morgan fingerprint density at radius 1 is 1.24 bits per heavy atom. The van der Waals surface area contributed by atoms with Gasteiger partial charge in [-0.05, 0) is 19.8 Å². The lowest BCUT2D eigenvalue weighted by Gasteiger charge is -2.20. The molecule has 0 aliphatic carbocycles. The Labute approximate surface area is 168 Å². The lowest BCUT2D eigenvalue weighted by atomic mass is 10.1. The Bertz CT molecular complexity index is 1030. The number of hydrogen-bond acceptors (Lipinski definition) is 5. The van der Waals surface area contributed by atoms with E-state index in [0.29, 0.717) is 30.9 Å². The van der Waals surface area contributed by atoms with Crippen LogP contribution >= 0.6 is 0 Å². The Balaban J connectivity index is 1.45. The molecule has 0 atom stereocenters. The standard InChI is InChI=1S/C21H22N6O2/c1-14-16(11-24-26-14)10-22-19(28)13-27-9-5-8-18-17(21(27)29)12-23-20(25-18)15-6-3-2-4-7-15/h2-4,6-7,11-12H,5,8-10,13H2,1H3,(H,22,28)(H,24,26). The van der Waals surface area contributed by atoms with Crippen LogP contribution < -0.4 is 5.32 Å². The molecule has 2 aromatic heterocycles. The molecule has 0 saturated heterocycles. The summed E-state index contributed by atoms with van der Waals surface area (Å²) in [6.45, 7) is 2.79. The fraction of sp³-hybridized carbons (Fsp3) is 0.286. The molecule has 4 rings (SSSR count). The van der Waals surface area contributed by atoms with Crippen molar-refractivity contribution in [1.29, 1.82) is 0 Å². The molecule has 3 heterocycles. The highest BCUT2D eigenvalue weighted by atomic mass is 16.2. The van der Waals surface area contributed by atoms with Crippen molar-refractivity contribution >= 4 is 11.8 Å². The molecule has 0 fully saturated rings. The Kier molecular flexibility index (Phi) is 5.33. The normalized spacial score (nSPS) is 13.7. The second kappa shape index (κ2) is 8.22. The number of carbonyl (C=O) groups excluding carboxylic acids is 2. The molecule has 1 aromatic carbocycles. The second-order valence-electron chi connectivity index (χ2n) is 7.05. The lowest BCUT2D eigenvalue weighted by Crippen LogP contribution is -2.40. The van der Waals surface area contributed by atoms with Crippen LogP contribution in [0.3, 0.4) is 0 Å². The van der Waals surface area contributed by atoms with Crippen molar-refractivity contribution in [3.63, 3.8) is 0 Å². The number of benzene rings is 1. The van der Waals surface area contributed by atoms with Gasteiger partial charge in [0.1, 0.15) is 0 Å². The van der Waals surface area contributed by atoms with Gasteiger partial charge in [0, 0.05) is 36.1 Å². The van der Waals surface area contributed by atoms with E-state index in [4.69, 9.17) is 0 Å². The summed E-state index contributed by atoms with van der Waals surface area (Å²) in [6.07, 6.45) is 4.69. The molecule has 2 amide bonds. The minimum absolute atomic E-state index is 0.00953. The van der Waals surface area contributed by atoms with Gasteiger partial charge in [-0.2, -0.15) is 5.10 Å². The van der Waals surface area contributed by atoms with Crippen molar-refractivity contribution in [2.75, 3.05) is 13.1 Å². The number of fused-ring (bicyclic) bond motifs is 1. The number of H-pyrrole nitrogens is 1. The van der Waals surface area contributed by atoms with E-state index in [0.717, 1.165) is 28.9 Å². The van der Waals surface area contributed by atoms with E-state index < -0.39 is 0 Å². The third kappa shape index (κ3) is 4.16. The molecule has 148 valence electrons. The summed E-state index contributed by atoms with van der Waals surface area (Å²) < 4.78 is 0. The third-order valence-corrected chi connectivity index (χ3v) is 5.00. The fourth-order valence-corrected chi connectivity index (χ4v) is 3.35. The summed E-state index contributed by atoms with van der Waals surface area (Å²) in [5, 5.41) is 9.62. The fourth-order valence-electron chi connectivity index (χ4n) is 3.35. The molecule has 0 unspecified atom stereocenters. The van der Waals surface area contributed by atoms with Gasteiger partial charge in [-0.25, -0.2) is 9.97 Å². The topological polar surface area (TPSA) is 104 Å². The number of aromatic amines is 1. The summed E-state index contributed by atoms with van der Waals surface area (Å²) >= 11 is 0. The maximum Gasteiger partial charge on any atom is 0.257 e. The Morgan fingerprint density at radius 3 is 2.83 bits per heavy atom. The summed E-state index contributed by atoms with van der Waals surface area (Å²) in [5.41, 5.74) is 3.96. The zero-order valence-corrected chi connectivity index (χ0v) is 16.2. The van der Waals surface area contributed by atoms with E-state index >= 15 is 0 Å². The molecule has 0 radical (unpaired) electrons. The highest BCUT2D eigenvalue weighted by molar-refractivity contribution is 5.97.